The third kappa shape index (κ3) is 3.16. The Morgan fingerprint density at radius 2 is 1.91 bits per heavy atom. The molecule has 0 saturated heterocycles. The van der Waals surface area contributed by atoms with Gasteiger partial charge in [0.15, 0.2) is 5.13 Å². The number of amides is 1. The van der Waals surface area contributed by atoms with Crippen LogP contribution in [0, 0.1) is 0 Å². The average Bonchev–Trinajstić information content (AvgIpc) is 2.97. The summed E-state index contributed by atoms with van der Waals surface area (Å²) >= 11 is 4.70. The standard InChI is InChI=1S/C16H13BrN2O3S/c1-21-11-6-7-12(22-2)14-13(11)18-16(23-14)19-15(20)9-4-3-5-10(17)8-9/h3-8H,1-2H3,(H,18,19,20). The maximum absolute atomic E-state index is 12.3. The number of hydrogen-bond acceptors (Lipinski definition) is 5. The van der Waals surface area contributed by atoms with Gasteiger partial charge >= 0.3 is 0 Å². The highest BCUT2D eigenvalue weighted by Crippen LogP contribution is 2.38. The molecule has 0 bridgehead atoms. The largest absolute Gasteiger partial charge is 0.495 e. The SMILES string of the molecule is COc1ccc(OC)c2sc(NC(=O)c3cccc(Br)c3)nc12. The van der Waals surface area contributed by atoms with Crippen molar-refractivity contribution in [2.75, 3.05) is 19.5 Å². The quantitative estimate of drug-likeness (QED) is 0.717. The van der Waals surface area contributed by atoms with Gasteiger partial charge in [0.25, 0.3) is 5.91 Å². The van der Waals surface area contributed by atoms with Crippen LogP contribution in [-0.2, 0) is 0 Å². The molecular formula is C16H13BrN2O3S. The zero-order valence-corrected chi connectivity index (χ0v) is 14.8. The number of carbonyl (C=O) groups is 1. The van der Waals surface area contributed by atoms with Crippen molar-refractivity contribution in [3.63, 3.8) is 0 Å². The maximum Gasteiger partial charge on any atom is 0.257 e. The van der Waals surface area contributed by atoms with Crippen LogP contribution < -0.4 is 14.8 Å². The first-order valence-electron chi connectivity index (χ1n) is 6.71. The number of halogens is 1. The number of hydrogen-bond donors (Lipinski definition) is 1. The second-order valence-electron chi connectivity index (χ2n) is 4.63. The number of methoxy groups -OCH3 is 2. The summed E-state index contributed by atoms with van der Waals surface area (Å²) in [5.41, 5.74) is 1.22. The number of ether oxygens (including phenoxy) is 2. The summed E-state index contributed by atoms with van der Waals surface area (Å²) in [6.07, 6.45) is 0. The number of fused-ring (bicyclic) bond motifs is 1. The van der Waals surface area contributed by atoms with E-state index in [0.29, 0.717) is 27.7 Å². The fourth-order valence-electron chi connectivity index (χ4n) is 2.14. The van der Waals surface area contributed by atoms with E-state index in [4.69, 9.17) is 9.47 Å². The van der Waals surface area contributed by atoms with E-state index in [1.54, 1.807) is 32.4 Å². The van der Waals surface area contributed by atoms with Crippen LogP contribution >= 0.6 is 27.3 Å². The second-order valence-corrected chi connectivity index (χ2v) is 6.55. The summed E-state index contributed by atoms with van der Waals surface area (Å²) in [5.74, 6) is 1.12. The first-order chi connectivity index (χ1) is 11.1. The van der Waals surface area contributed by atoms with E-state index < -0.39 is 0 Å². The summed E-state index contributed by atoms with van der Waals surface area (Å²) in [6, 6.07) is 10.8. The average molecular weight is 393 g/mol. The number of aromatic nitrogens is 1. The fourth-order valence-corrected chi connectivity index (χ4v) is 3.51. The monoisotopic (exact) mass is 392 g/mol. The van der Waals surface area contributed by atoms with Crippen molar-refractivity contribution in [3.05, 3.63) is 46.4 Å². The van der Waals surface area contributed by atoms with Crippen molar-refractivity contribution < 1.29 is 14.3 Å². The number of nitrogens with one attached hydrogen (secondary N) is 1. The van der Waals surface area contributed by atoms with Gasteiger partial charge in [-0.25, -0.2) is 4.98 Å². The van der Waals surface area contributed by atoms with E-state index in [1.165, 1.54) is 11.3 Å². The molecule has 1 amide bonds. The molecule has 23 heavy (non-hydrogen) atoms. The predicted molar refractivity (Wildman–Crippen MR) is 94.8 cm³/mol. The smallest absolute Gasteiger partial charge is 0.257 e. The number of thiazole rings is 1. The van der Waals surface area contributed by atoms with Crippen LogP contribution in [0.15, 0.2) is 40.9 Å². The molecule has 7 heteroatoms. The van der Waals surface area contributed by atoms with Gasteiger partial charge in [-0.2, -0.15) is 0 Å². The van der Waals surface area contributed by atoms with Crippen molar-refractivity contribution in [1.29, 1.82) is 0 Å². The first kappa shape index (κ1) is 15.8. The fraction of sp³-hybridized carbons (Fsp3) is 0.125. The molecule has 2 aromatic carbocycles. The van der Waals surface area contributed by atoms with Crippen LogP contribution in [-0.4, -0.2) is 25.1 Å². The zero-order chi connectivity index (χ0) is 16.4. The minimum Gasteiger partial charge on any atom is -0.495 e. The molecule has 0 aliphatic heterocycles. The van der Waals surface area contributed by atoms with E-state index in [-0.39, 0.29) is 5.91 Å². The second kappa shape index (κ2) is 6.55. The number of nitrogens with zero attached hydrogens (tertiary/aromatic N) is 1. The first-order valence-corrected chi connectivity index (χ1v) is 8.31. The third-order valence-corrected chi connectivity index (χ3v) is 4.70. The molecule has 0 saturated carbocycles. The molecule has 0 fully saturated rings. The Labute approximate surface area is 145 Å². The van der Waals surface area contributed by atoms with Gasteiger partial charge in [0.05, 0.1) is 14.2 Å². The Kier molecular flexibility index (Phi) is 4.49. The van der Waals surface area contributed by atoms with E-state index >= 15 is 0 Å². The number of benzene rings is 2. The molecular weight excluding hydrogens is 380 g/mol. The van der Waals surface area contributed by atoms with Crippen LogP contribution in [0.25, 0.3) is 10.2 Å². The molecule has 1 heterocycles. The zero-order valence-electron chi connectivity index (χ0n) is 12.4. The molecule has 0 unspecified atom stereocenters. The van der Waals surface area contributed by atoms with Crippen molar-refractivity contribution in [2.24, 2.45) is 0 Å². The highest BCUT2D eigenvalue weighted by Gasteiger charge is 2.15. The molecule has 0 aliphatic carbocycles. The Morgan fingerprint density at radius 3 is 2.61 bits per heavy atom. The minimum absolute atomic E-state index is 0.219. The van der Waals surface area contributed by atoms with Crippen molar-refractivity contribution >= 4 is 48.5 Å². The van der Waals surface area contributed by atoms with Gasteiger partial charge in [-0.15, -0.1) is 0 Å². The van der Waals surface area contributed by atoms with Gasteiger partial charge in [0.1, 0.15) is 21.7 Å². The summed E-state index contributed by atoms with van der Waals surface area (Å²) < 4.78 is 12.3. The van der Waals surface area contributed by atoms with Gasteiger partial charge in [0, 0.05) is 10.0 Å². The molecule has 1 aromatic heterocycles. The summed E-state index contributed by atoms with van der Waals surface area (Å²) in [5, 5.41) is 3.31. The highest BCUT2D eigenvalue weighted by molar-refractivity contribution is 9.10. The Bertz CT molecular complexity index is 838. The molecule has 0 radical (unpaired) electrons. The van der Waals surface area contributed by atoms with Crippen LogP contribution in [0.2, 0.25) is 0 Å². The Balaban J connectivity index is 1.96. The maximum atomic E-state index is 12.3. The molecule has 0 spiro atoms. The molecule has 3 rings (SSSR count). The molecule has 5 nitrogen and oxygen atoms in total. The van der Waals surface area contributed by atoms with Gasteiger partial charge < -0.3 is 9.47 Å². The molecule has 3 aromatic rings. The number of carbonyl (C=O) groups excluding carboxylic acids is 1. The van der Waals surface area contributed by atoms with Crippen LogP contribution in [0.5, 0.6) is 11.5 Å². The van der Waals surface area contributed by atoms with Gasteiger partial charge in [0.2, 0.25) is 0 Å². The van der Waals surface area contributed by atoms with Crippen molar-refractivity contribution in [3.8, 4) is 11.5 Å². The minimum atomic E-state index is -0.219. The lowest BCUT2D eigenvalue weighted by Gasteiger charge is -2.03. The third-order valence-electron chi connectivity index (χ3n) is 3.22. The molecule has 1 N–H and O–H groups in total. The Morgan fingerprint density at radius 1 is 1.17 bits per heavy atom. The summed E-state index contributed by atoms with van der Waals surface area (Å²) in [7, 11) is 3.18. The lowest BCUT2D eigenvalue weighted by molar-refractivity contribution is 0.102. The van der Waals surface area contributed by atoms with Crippen LogP contribution in [0.4, 0.5) is 5.13 Å². The molecule has 0 aliphatic rings. The van der Waals surface area contributed by atoms with Crippen LogP contribution in [0.1, 0.15) is 10.4 Å². The highest BCUT2D eigenvalue weighted by atomic mass is 79.9. The van der Waals surface area contributed by atoms with Gasteiger partial charge in [-0.05, 0) is 30.3 Å². The van der Waals surface area contributed by atoms with Crippen molar-refractivity contribution in [1.82, 2.24) is 4.98 Å². The molecule has 0 atom stereocenters. The number of anilines is 1. The summed E-state index contributed by atoms with van der Waals surface area (Å²) in [6.45, 7) is 0. The number of rotatable bonds is 4. The van der Waals surface area contributed by atoms with E-state index in [1.807, 2.05) is 18.2 Å². The van der Waals surface area contributed by atoms with E-state index in [0.717, 1.165) is 9.17 Å². The van der Waals surface area contributed by atoms with Gasteiger partial charge in [-0.1, -0.05) is 33.3 Å². The Hall–Kier alpha value is -2.12. The van der Waals surface area contributed by atoms with Gasteiger partial charge in [-0.3, -0.25) is 10.1 Å². The van der Waals surface area contributed by atoms with Crippen LogP contribution in [0.3, 0.4) is 0 Å². The lowest BCUT2D eigenvalue weighted by atomic mass is 10.2. The summed E-state index contributed by atoms with van der Waals surface area (Å²) in [4.78, 5) is 16.8. The lowest BCUT2D eigenvalue weighted by Crippen LogP contribution is -2.11. The van der Waals surface area contributed by atoms with E-state index in [2.05, 4.69) is 26.2 Å². The normalized spacial score (nSPS) is 10.6. The topological polar surface area (TPSA) is 60.5 Å². The molecule has 118 valence electrons. The van der Waals surface area contributed by atoms with E-state index in [9.17, 15) is 4.79 Å². The van der Waals surface area contributed by atoms with Crippen molar-refractivity contribution in [2.45, 2.75) is 0 Å². The predicted octanol–water partition coefficient (Wildman–Crippen LogP) is 4.33.